The number of carbonyl (C=O) groups is 1. The second-order valence-electron chi connectivity index (χ2n) is 5.19. The predicted molar refractivity (Wildman–Crippen MR) is 96.3 cm³/mol. The Hall–Kier alpha value is -1.91. The molecule has 0 saturated heterocycles. The standard InChI is InChI=1S/C18H19Cl2NO3/c1-21(10-11-24-17-9-4-3-8-16(17)23-2)18(22)12-13-14(19)6-5-7-15(13)20/h3-9H,10-12H2,1-2H3. The van der Waals surface area contributed by atoms with Gasteiger partial charge in [-0.25, -0.2) is 0 Å². The average Bonchev–Trinajstić information content (AvgIpc) is 2.58. The zero-order chi connectivity index (χ0) is 17.5. The number of benzene rings is 2. The lowest BCUT2D eigenvalue weighted by Gasteiger charge is -2.19. The number of ether oxygens (including phenoxy) is 2. The Morgan fingerprint density at radius 1 is 1.04 bits per heavy atom. The van der Waals surface area contributed by atoms with Crippen molar-refractivity contribution in [1.82, 2.24) is 4.90 Å². The van der Waals surface area contributed by atoms with Crippen LogP contribution >= 0.6 is 23.2 Å². The van der Waals surface area contributed by atoms with Crippen molar-refractivity contribution < 1.29 is 14.3 Å². The third-order valence-electron chi connectivity index (χ3n) is 3.57. The number of likely N-dealkylation sites (N-methyl/N-ethyl adjacent to an activating group) is 1. The second kappa shape index (κ2) is 8.81. The summed E-state index contributed by atoms with van der Waals surface area (Å²) < 4.78 is 10.9. The van der Waals surface area contributed by atoms with E-state index < -0.39 is 0 Å². The molecule has 1 amide bonds. The predicted octanol–water partition coefficient (Wildman–Crippen LogP) is 4.08. The summed E-state index contributed by atoms with van der Waals surface area (Å²) in [6, 6.07) is 12.6. The van der Waals surface area contributed by atoms with Crippen LogP contribution < -0.4 is 9.47 Å². The molecule has 4 nitrogen and oxygen atoms in total. The number of hydrogen-bond donors (Lipinski definition) is 0. The van der Waals surface area contributed by atoms with Crippen molar-refractivity contribution in [1.29, 1.82) is 0 Å². The van der Waals surface area contributed by atoms with Crippen LogP contribution in [-0.2, 0) is 11.2 Å². The first kappa shape index (κ1) is 18.4. The zero-order valence-corrected chi connectivity index (χ0v) is 15.1. The molecule has 0 radical (unpaired) electrons. The van der Waals surface area contributed by atoms with Crippen molar-refractivity contribution in [3.8, 4) is 11.5 Å². The summed E-state index contributed by atoms with van der Waals surface area (Å²) in [6.07, 6.45) is 0.156. The molecule has 0 aromatic heterocycles. The molecule has 0 spiro atoms. The molecule has 2 aromatic carbocycles. The summed E-state index contributed by atoms with van der Waals surface area (Å²) in [5.74, 6) is 1.23. The lowest BCUT2D eigenvalue weighted by molar-refractivity contribution is -0.129. The Labute approximate surface area is 151 Å². The first-order valence-electron chi connectivity index (χ1n) is 7.45. The van der Waals surface area contributed by atoms with Gasteiger partial charge in [0.15, 0.2) is 11.5 Å². The molecular weight excluding hydrogens is 349 g/mol. The van der Waals surface area contributed by atoms with Gasteiger partial charge in [0.05, 0.1) is 20.1 Å². The van der Waals surface area contributed by atoms with E-state index in [-0.39, 0.29) is 12.3 Å². The van der Waals surface area contributed by atoms with Gasteiger partial charge in [0.25, 0.3) is 0 Å². The Morgan fingerprint density at radius 2 is 1.67 bits per heavy atom. The van der Waals surface area contributed by atoms with Crippen molar-refractivity contribution in [2.75, 3.05) is 27.3 Å². The summed E-state index contributed by atoms with van der Waals surface area (Å²) >= 11 is 12.2. The molecule has 0 N–H and O–H groups in total. The number of carbonyl (C=O) groups excluding carboxylic acids is 1. The summed E-state index contributed by atoms with van der Waals surface area (Å²) in [6.45, 7) is 0.803. The van der Waals surface area contributed by atoms with Crippen LogP contribution in [-0.4, -0.2) is 38.1 Å². The van der Waals surface area contributed by atoms with Crippen LogP contribution in [0.25, 0.3) is 0 Å². The van der Waals surface area contributed by atoms with Gasteiger partial charge in [-0.2, -0.15) is 0 Å². The smallest absolute Gasteiger partial charge is 0.226 e. The highest BCUT2D eigenvalue weighted by Crippen LogP contribution is 2.26. The molecule has 0 bridgehead atoms. The van der Waals surface area contributed by atoms with Gasteiger partial charge in [-0.05, 0) is 29.8 Å². The number of halogens is 2. The van der Waals surface area contributed by atoms with Gasteiger partial charge in [0.2, 0.25) is 5.91 Å². The van der Waals surface area contributed by atoms with E-state index in [9.17, 15) is 4.79 Å². The molecule has 0 atom stereocenters. The molecule has 0 saturated carbocycles. The number of hydrogen-bond acceptors (Lipinski definition) is 3. The highest BCUT2D eigenvalue weighted by atomic mass is 35.5. The molecule has 0 aliphatic carbocycles. The minimum Gasteiger partial charge on any atom is -0.493 e. The van der Waals surface area contributed by atoms with E-state index in [0.717, 1.165) is 0 Å². The van der Waals surface area contributed by atoms with Gasteiger partial charge in [0.1, 0.15) is 6.61 Å². The quantitative estimate of drug-likeness (QED) is 0.739. The van der Waals surface area contributed by atoms with Crippen molar-refractivity contribution >= 4 is 29.1 Å². The van der Waals surface area contributed by atoms with Crippen LogP contribution in [0.4, 0.5) is 0 Å². The fourth-order valence-electron chi connectivity index (χ4n) is 2.14. The minimum atomic E-state index is -0.0753. The van der Waals surface area contributed by atoms with Crippen LogP contribution in [0.15, 0.2) is 42.5 Å². The molecule has 0 fully saturated rings. The van der Waals surface area contributed by atoms with E-state index in [1.807, 2.05) is 24.3 Å². The first-order valence-corrected chi connectivity index (χ1v) is 8.21. The Kier molecular flexibility index (Phi) is 6.76. The Morgan fingerprint density at radius 3 is 2.29 bits per heavy atom. The molecule has 0 unspecified atom stereocenters. The van der Waals surface area contributed by atoms with E-state index >= 15 is 0 Å². The Bertz CT molecular complexity index is 686. The molecule has 2 aromatic rings. The van der Waals surface area contributed by atoms with Crippen molar-refractivity contribution in [2.24, 2.45) is 0 Å². The van der Waals surface area contributed by atoms with Gasteiger partial charge in [-0.1, -0.05) is 41.4 Å². The molecular formula is C18H19Cl2NO3. The molecule has 2 rings (SSSR count). The molecule has 24 heavy (non-hydrogen) atoms. The second-order valence-corrected chi connectivity index (χ2v) is 6.01. The zero-order valence-electron chi connectivity index (χ0n) is 13.6. The lowest BCUT2D eigenvalue weighted by atomic mass is 10.1. The van der Waals surface area contributed by atoms with Gasteiger partial charge >= 0.3 is 0 Å². The van der Waals surface area contributed by atoms with Crippen molar-refractivity contribution in [2.45, 2.75) is 6.42 Å². The lowest BCUT2D eigenvalue weighted by Crippen LogP contribution is -2.32. The molecule has 0 aliphatic heterocycles. The molecule has 0 heterocycles. The largest absolute Gasteiger partial charge is 0.493 e. The third kappa shape index (κ3) is 4.79. The summed E-state index contributed by atoms with van der Waals surface area (Å²) in [7, 11) is 3.31. The Balaban J connectivity index is 1.88. The van der Waals surface area contributed by atoms with Gasteiger partial charge in [-0.3, -0.25) is 4.79 Å². The SMILES string of the molecule is COc1ccccc1OCCN(C)C(=O)Cc1c(Cl)cccc1Cl. The van der Waals surface area contributed by atoms with Crippen LogP contribution in [0.5, 0.6) is 11.5 Å². The summed E-state index contributed by atoms with van der Waals surface area (Å²) in [5, 5.41) is 0.990. The van der Waals surface area contributed by atoms with E-state index in [2.05, 4.69) is 0 Å². The molecule has 6 heteroatoms. The first-order chi connectivity index (χ1) is 11.5. The third-order valence-corrected chi connectivity index (χ3v) is 4.28. The fourth-order valence-corrected chi connectivity index (χ4v) is 2.67. The molecule has 0 aliphatic rings. The maximum absolute atomic E-state index is 12.3. The minimum absolute atomic E-state index is 0.0753. The normalized spacial score (nSPS) is 10.3. The summed E-state index contributed by atoms with van der Waals surface area (Å²) in [4.78, 5) is 13.9. The molecule has 128 valence electrons. The number of para-hydroxylation sites is 2. The number of nitrogens with zero attached hydrogens (tertiary/aromatic N) is 1. The van der Waals surface area contributed by atoms with Gasteiger partial charge in [0, 0.05) is 17.1 Å². The van der Waals surface area contributed by atoms with E-state index in [4.69, 9.17) is 32.7 Å². The topological polar surface area (TPSA) is 38.8 Å². The number of amides is 1. The van der Waals surface area contributed by atoms with Crippen LogP contribution in [0.3, 0.4) is 0 Å². The van der Waals surface area contributed by atoms with Gasteiger partial charge < -0.3 is 14.4 Å². The van der Waals surface area contributed by atoms with Gasteiger partial charge in [-0.15, -0.1) is 0 Å². The summed E-state index contributed by atoms with van der Waals surface area (Å²) in [5.41, 5.74) is 0.642. The highest BCUT2D eigenvalue weighted by Gasteiger charge is 2.14. The highest BCUT2D eigenvalue weighted by molar-refractivity contribution is 6.36. The van der Waals surface area contributed by atoms with Crippen LogP contribution in [0.1, 0.15) is 5.56 Å². The van der Waals surface area contributed by atoms with Crippen LogP contribution in [0, 0.1) is 0 Å². The monoisotopic (exact) mass is 367 g/mol. The van der Waals surface area contributed by atoms with Crippen molar-refractivity contribution in [3.05, 3.63) is 58.1 Å². The number of rotatable bonds is 7. The maximum Gasteiger partial charge on any atom is 0.226 e. The van der Waals surface area contributed by atoms with Crippen molar-refractivity contribution in [3.63, 3.8) is 0 Å². The van der Waals surface area contributed by atoms with E-state index in [1.165, 1.54) is 0 Å². The average molecular weight is 368 g/mol. The van der Waals surface area contributed by atoms with Crippen LogP contribution in [0.2, 0.25) is 10.0 Å². The maximum atomic E-state index is 12.3. The van der Waals surface area contributed by atoms with E-state index in [1.54, 1.807) is 37.3 Å². The number of methoxy groups -OCH3 is 1. The fraction of sp³-hybridized carbons (Fsp3) is 0.278. The van der Waals surface area contributed by atoms with E-state index in [0.29, 0.717) is 40.3 Å².